The first kappa shape index (κ1) is 13.0. The predicted molar refractivity (Wildman–Crippen MR) is 77.3 cm³/mol. The highest BCUT2D eigenvalue weighted by atomic mass is 16.3. The number of aliphatic hydroxyl groups is 1. The van der Waals surface area contributed by atoms with E-state index >= 15 is 0 Å². The molecule has 2 aromatic rings. The molecule has 2 aromatic carbocycles. The zero-order chi connectivity index (χ0) is 13.7. The molecule has 1 N–H and O–H groups in total. The fourth-order valence-electron chi connectivity index (χ4n) is 1.63. The van der Waals surface area contributed by atoms with E-state index < -0.39 is 5.60 Å². The predicted octanol–water partition coefficient (Wildman–Crippen LogP) is 2.93. The lowest BCUT2D eigenvalue weighted by molar-refractivity contribution is 0.122. The molecule has 0 fully saturated rings. The third-order valence-corrected chi connectivity index (χ3v) is 2.85. The fourth-order valence-corrected chi connectivity index (χ4v) is 1.63. The first-order valence-electron chi connectivity index (χ1n) is 5.99. The Bertz CT molecular complexity index is 647. The second kappa shape index (κ2) is 5.44. The topological polar surface area (TPSA) is 20.2 Å². The molecule has 0 bridgehead atoms. The van der Waals surface area contributed by atoms with Gasteiger partial charge < -0.3 is 5.11 Å². The van der Waals surface area contributed by atoms with Gasteiger partial charge in [0.1, 0.15) is 5.60 Å². The Labute approximate surface area is 113 Å². The lowest BCUT2D eigenvalue weighted by atomic mass is 9.96. The molecule has 0 spiro atoms. The average Bonchev–Trinajstić information content (AvgIpc) is 2.47. The second-order valence-corrected chi connectivity index (χ2v) is 4.41. The molecule has 1 heteroatoms. The maximum absolute atomic E-state index is 9.92. The van der Waals surface area contributed by atoms with Crippen LogP contribution in [0, 0.1) is 24.2 Å². The van der Waals surface area contributed by atoms with Gasteiger partial charge in [0.2, 0.25) is 0 Å². The highest BCUT2D eigenvalue weighted by Gasteiger charge is 2.18. The van der Waals surface area contributed by atoms with Crippen LogP contribution in [-0.2, 0) is 5.60 Å². The van der Waals surface area contributed by atoms with E-state index in [0.29, 0.717) is 5.56 Å². The lowest BCUT2D eigenvalue weighted by Gasteiger charge is -2.16. The molecule has 2 rings (SSSR count). The molecule has 0 aliphatic rings. The van der Waals surface area contributed by atoms with Gasteiger partial charge in [-0.1, -0.05) is 48.1 Å². The van der Waals surface area contributed by atoms with Crippen LogP contribution in [0.4, 0.5) is 0 Å². The van der Waals surface area contributed by atoms with Crippen molar-refractivity contribution in [2.45, 2.75) is 12.5 Å². The van der Waals surface area contributed by atoms with Crippen LogP contribution < -0.4 is 0 Å². The summed E-state index contributed by atoms with van der Waals surface area (Å²) < 4.78 is 0. The van der Waals surface area contributed by atoms with Crippen molar-refractivity contribution in [3.05, 3.63) is 71.3 Å². The van der Waals surface area contributed by atoms with Crippen LogP contribution in [-0.4, -0.2) is 5.11 Å². The van der Waals surface area contributed by atoms with Gasteiger partial charge in [-0.2, -0.15) is 0 Å². The van der Waals surface area contributed by atoms with Crippen molar-refractivity contribution in [1.82, 2.24) is 0 Å². The first-order valence-corrected chi connectivity index (χ1v) is 5.99. The molecule has 92 valence electrons. The molecule has 1 unspecified atom stereocenters. The molecular weight excluding hydrogens is 232 g/mol. The van der Waals surface area contributed by atoms with Gasteiger partial charge in [0, 0.05) is 11.1 Å². The fraction of sp³-hybridized carbons (Fsp3) is 0.111. The molecule has 1 nitrogen and oxygen atoms in total. The van der Waals surface area contributed by atoms with Gasteiger partial charge in [0.05, 0.1) is 0 Å². The summed E-state index contributed by atoms with van der Waals surface area (Å²) in [5.74, 6) is 8.51. The van der Waals surface area contributed by atoms with Gasteiger partial charge in [-0.3, -0.25) is 0 Å². The summed E-state index contributed by atoms with van der Waals surface area (Å²) >= 11 is 0. The van der Waals surface area contributed by atoms with Crippen molar-refractivity contribution in [3.63, 3.8) is 0 Å². The average molecular weight is 246 g/mol. The van der Waals surface area contributed by atoms with Crippen molar-refractivity contribution in [2.75, 3.05) is 0 Å². The van der Waals surface area contributed by atoms with Crippen LogP contribution in [0.1, 0.15) is 23.6 Å². The van der Waals surface area contributed by atoms with Gasteiger partial charge in [-0.25, -0.2) is 0 Å². The van der Waals surface area contributed by atoms with E-state index in [0.717, 1.165) is 11.1 Å². The summed E-state index contributed by atoms with van der Waals surface area (Å²) in [7, 11) is 0. The Hall–Kier alpha value is -2.48. The van der Waals surface area contributed by atoms with E-state index in [2.05, 4.69) is 17.8 Å². The van der Waals surface area contributed by atoms with Crippen LogP contribution in [0.5, 0.6) is 0 Å². The van der Waals surface area contributed by atoms with Crippen LogP contribution in [0.3, 0.4) is 0 Å². The Kier molecular flexibility index (Phi) is 3.71. The van der Waals surface area contributed by atoms with Gasteiger partial charge in [-0.05, 0) is 36.8 Å². The number of hydrogen-bond donors (Lipinski definition) is 1. The second-order valence-electron chi connectivity index (χ2n) is 4.41. The molecule has 0 radical (unpaired) electrons. The van der Waals surface area contributed by atoms with Crippen LogP contribution in [0.25, 0.3) is 0 Å². The number of benzene rings is 2. The van der Waals surface area contributed by atoms with E-state index in [1.54, 1.807) is 19.1 Å². The summed E-state index contributed by atoms with van der Waals surface area (Å²) in [6.45, 7) is 1.59. The normalized spacial score (nSPS) is 12.7. The van der Waals surface area contributed by atoms with Crippen molar-refractivity contribution in [1.29, 1.82) is 0 Å². The highest BCUT2D eigenvalue weighted by molar-refractivity contribution is 5.44. The number of terminal acetylenes is 1. The van der Waals surface area contributed by atoms with Crippen LogP contribution in [0.2, 0.25) is 0 Å². The molecule has 0 saturated heterocycles. The highest BCUT2D eigenvalue weighted by Crippen LogP contribution is 2.19. The van der Waals surface area contributed by atoms with Gasteiger partial charge in [-0.15, -0.1) is 6.42 Å². The minimum atomic E-state index is -1.23. The Morgan fingerprint density at radius 2 is 1.42 bits per heavy atom. The summed E-state index contributed by atoms with van der Waals surface area (Å²) in [4.78, 5) is 0. The molecule has 0 amide bonds. The zero-order valence-corrected chi connectivity index (χ0v) is 10.7. The largest absolute Gasteiger partial charge is 0.374 e. The first-order chi connectivity index (χ1) is 9.12. The third-order valence-electron chi connectivity index (χ3n) is 2.85. The minimum Gasteiger partial charge on any atom is -0.374 e. The van der Waals surface area contributed by atoms with Crippen molar-refractivity contribution >= 4 is 0 Å². The number of rotatable bonds is 1. The van der Waals surface area contributed by atoms with Gasteiger partial charge in [0.25, 0.3) is 0 Å². The molecular formula is C18H14O. The van der Waals surface area contributed by atoms with Crippen LogP contribution >= 0.6 is 0 Å². The van der Waals surface area contributed by atoms with Crippen molar-refractivity contribution in [2.24, 2.45) is 0 Å². The van der Waals surface area contributed by atoms with Crippen LogP contribution in [0.15, 0.2) is 54.6 Å². The monoisotopic (exact) mass is 246 g/mol. The minimum absolute atomic E-state index is 0.695. The molecule has 0 aromatic heterocycles. The van der Waals surface area contributed by atoms with E-state index in [1.165, 1.54) is 0 Å². The quantitative estimate of drug-likeness (QED) is 0.767. The Morgan fingerprint density at radius 1 is 0.895 bits per heavy atom. The lowest BCUT2D eigenvalue weighted by Crippen LogP contribution is -2.17. The van der Waals surface area contributed by atoms with Gasteiger partial charge >= 0.3 is 0 Å². The third kappa shape index (κ3) is 3.26. The van der Waals surface area contributed by atoms with Crippen molar-refractivity contribution in [3.8, 4) is 24.2 Å². The number of hydrogen-bond acceptors (Lipinski definition) is 1. The van der Waals surface area contributed by atoms with E-state index in [9.17, 15) is 5.11 Å². The summed E-state index contributed by atoms with van der Waals surface area (Å²) in [6.07, 6.45) is 5.28. The zero-order valence-electron chi connectivity index (χ0n) is 10.7. The standard InChI is InChI=1S/C18H14O/c1-3-18(2,19)17-13-11-16(12-14-17)10-9-15-7-5-4-6-8-15/h1,4-8,11-14,19H,2H3. The summed E-state index contributed by atoms with van der Waals surface area (Å²) in [5.41, 5.74) is 1.33. The molecule has 0 aliphatic heterocycles. The molecule has 19 heavy (non-hydrogen) atoms. The molecule has 0 saturated carbocycles. The maximum atomic E-state index is 9.92. The smallest absolute Gasteiger partial charge is 0.147 e. The SMILES string of the molecule is C#CC(C)(O)c1ccc(C#Cc2ccccc2)cc1. The molecule has 0 aliphatic carbocycles. The van der Waals surface area contributed by atoms with E-state index in [4.69, 9.17) is 6.42 Å². The Morgan fingerprint density at radius 3 is 1.95 bits per heavy atom. The van der Waals surface area contributed by atoms with E-state index in [1.807, 2.05) is 42.5 Å². The molecule has 0 heterocycles. The maximum Gasteiger partial charge on any atom is 0.147 e. The summed E-state index contributed by atoms with van der Waals surface area (Å²) in [5, 5.41) is 9.92. The molecule has 1 atom stereocenters. The van der Waals surface area contributed by atoms with E-state index in [-0.39, 0.29) is 0 Å². The van der Waals surface area contributed by atoms with Crippen molar-refractivity contribution < 1.29 is 5.11 Å². The summed E-state index contributed by atoms with van der Waals surface area (Å²) in [6, 6.07) is 17.1. The Balaban J connectivity index is 2.22. The van der Waals surface area contributed by atoms with Gasteiger partial charge in [0.15, 0.2) is 0 Å².